The first-order valence-corrected chi connectivity index (χ1v) is 9.96. The molecule has 0 N–H and O–H groups in total. The predicted molar refractivity (Wildman–Crippen MR) is 104 cm³/mol. The van der Waals surface area contributed by atoms with Crippen LogP contribution in [0.1, 0.15) is 43.5 Å². The number of aromatic nitrogens is 2. The molecule has 1 aliphatic carbocycles. The molecule has 0 aliphatic heterocycles. The SMILES string of the molecule is CC1CCc2c(sc3nc(CN(C)C)n(CC(=O)OC(C)C)c(=O)c23)C1. The Labute approximate surface area is 157 Å². The highest BCUT2D eigenvalue weighted by atomic mass is 32.1. The minimum atomic E-state index is -0.402. The highest BCUT2D eigenvalue weighted by Crippen LogP contribution is 2.35. The smallest absolute Gasteiger partial charge is 0.326 e. The number of ether oxygens (including phenoxy) is 1. The summed E-state index contributed by atoms with van der Waals surface area (Å²) in [5, 5.41) is 0.705. The Hall–Kier alpha value is -1.73. The van der Waals surface area contributed by atoms with Gasteiger partial charge in [-0.15, -0.1) is 11.3 Å². The number of hydrogen-bond acceptors (Lipinski definition) is 6. The summed E-state index contributed by atoms with van der Waals surface area (Å²) in [4.78, 5) is 34.3. The van der Waals surface area contributed by atoms with Gasteiger partial charge in [0, 0.05) is 4.88 Å². The van der Waals surface area contributed by atoms with Crippen molar-refractivity contribution in [1.29, 1.82) is 0 Å². The van der Waals surface area contributed by atoms with Crippen molar-refractivity contribution in [2.24, 2.45) is 5.92 Å². The average molecular weight is 378 g/mol. The fraction of sp³-hybridized carbons (Fsp3) is 0.632. The van der Waals surface area contributed by atoms with Crippen LogP contribution in [0.15, 0.2) is 4.79 Å². The normalized spacial score (nSPS) is 17.1. The van der Waals surface area contributed by atoms with Crippen LogP contribution in [0.5, 0.6) is 0 Å². The van der Waals surface area contributed by atoms with Crippen LogP contribution in [-0.2, 0) is 35.5 Å². The molecule has 142 valence electrons. The minimum Gasteiger partial charge on any atom is -0.462 e. The zero-order valence-electron chi connectivity index (χ0n) is 16.2. The van der Waals surface area contributed by atoms with Gasteiger partial charge < -0.3 is 9.64 Å². The van der Waals surface area contributed by atoms with Crippen molar-refractivity contribution in [3.8, 4) is 0 Å². The Morgan fingerprint density at radius 3 is 2.81 bits per heavy atom. The lowest BCUT2D eigenvalue weighted by atomic mass is 9.89. The maximum absolute atomic E-state index is 13.3. The molecule has 0 radical (unpaired) electrons. The van der Waals surface area contributed by atoms with Crippen LogP contribution in [0.4, 0.5) is 0 Å². The van der Waals surface area contributed by atoms with E-state index in [4.69, 9.17) is 9.72 Å². The molecule has 0 fully saturated rings. The highest BCUT2D eigenvalue weighted by molar-refractivity contribution is 7.18. The summed E-state index contributed by atoms with van der Waals surface area (Å²) in [5.41, 5.74) is 1.03. The Balaban J connectivity index is 2.12. The molecule has 2 aromatic rings. The number of carbonyl (C=O) groups is 1. The van der Waals surface area contributed by atoms with E-state index in [0.717, 1.165) is 29.7 Å². The van der Waals surface area contributed by atoms with Gasteiger partial charge in [-0.3, -0.25) is 14.2 Å². The molecule has 0 aromatic carbocycles. The monoisotopic (exact) mass is 377 g/mol. The fourth-order valence-corrected chi connectivity index (χ4v) is 4.85. The number of hydrogen-bond donors (Lipinski definition) is 0. The van der Waals surface area contributed by atoms with Crippen LogP contribution in [0.25, 0.3) is 10.2 Å². The van der Waals surface area contributed by atoms with Gasteiger partial charge in [-0.05, 0) is 58.7 Å². The number of esters is 1. The van der Waals surface area contributed by atoms with Crippen LogP contribution in [0, 0.1) is 5.92 Å². The first-order chi connectivity index (χ1) is 12.3. The summed E-state index contributed by atoms with van der Waals surface area (Å²) >= 11 is 1.64. The van der Waals surface area contributed by atoms with Crippen LogP contribution < -0.4 is 5.56 Å². The van der Waals surface area contributed by atoms with Gasteiger partial charge in [0.2, 0.25) is 0 Å². The molecule has 0 spiro atoms. The molecule has 2 aromatic heterocycles. The van der Waals surface area contributed by atoms with E-state index >= 15 is 0 Å². The van der Waals surface area contributed by atoms with Gasteiger partial charge in [0.15, 0.2) is 0 Å². The van der Waals surface area contributed by atoms with Crippen molar-refractivity contribution in [3.05, 3.63) is 26.6 Å². The molecular formula is C19H27N3O3S. The van der Waals surface area contributed by atoms with Crippen molar-refractivity contribution >= 4 is 27.5 Å². The maximum Gasteiger partial charge on any atom is 0.326 e. The van der Waals surface area contributed by atoms with Crippen molar-refractivity contribution in [1.82, 2.24) is 14.5 Å². The molecule has 0 amide bonds. The van der Waals surface area contributed by atoms with Gasteiger partial charge in [-0.1, -0.05) is 6.92 Å². The van der Waals surface area contributed by atoms with E-state index < -0.39 is 5.97 Å². The van der Waals surface area contributed by atoms with Gasteiger partial charge >= 0.3 is 5.97 Å². The van der Waals surface area contributed by atoms with Gasteiger partial charge in [0.05, 0.1) is 18.0 Å². The van der Waals surface area contributed by atoms with Gasteiger partial charge in [0.25, 0.3) is 5.56 Å². The van der Waals surface area contributed by atoms with Crippen LogP contribution in [-0.4, -0.2) is 40.6 Å². The number of fused-ring (bicyclic) bond motifs is 3. The predicted octanol–water partition coefficient (Wildman–Crippen LogP) is 2.60. The summed E-state index contributed by atoms with van der Waals surface area (Å²) in [6, 6.07) is 0. The largest absolute Gasteiger partial charge is 0.462 e. The standard InChI is InChI=1S/C19H27N3O3S/c1-11(2)25-16(23)10-22-15(9-21(4)5)20-18-17(19(22)24)13-7-6-12(3)8-14(13)26-18/h11-12H,6-10H2,1-5H3. The van der Waals surface area contributed by atoms with E-state index in [-0.39, 0.29) is 18.2 Å². The van der Waals surface area contributed by atoms with E-state index in [1.165, 1.54) is 9.44 Å². The van der Waals surface area contributed by atoms with Gasteiger partial charge in [0.1, 0.15) is 17.2 Å². The van der Waals surface area contributed by atoms with Gasteiger partial charge in [-0.2, -0.15) is 0 Å². The zero-order valence-corrected chi connectivity index (χ0v) is 17.0. The molecule has 3 rings (SSSR count). The Morgan fingerprint density at radius 1 is 1.42 bits per heavy atom. The molecule has 1 aliphatic rings. The lowest BCUT2D eigenvalue weighted by Crippen LogP contribution is -2.32. The first kappa shape index (κ1) is 19.0. The third-order valence-corrected chi connectivity index (χ3v) is 5.75. The van der Waals surface area contributed by atoms with Crippen LogP contribution in [0.3, 0.4) is 0 Å². The fourth-order valence-electron chi connectivity index (χ4n) is 3.46. The number of carbonyl (C=O) groups excluding carboxylic acids is 1. The summed E-state index contributed by atoms with van der Waals surface area (Å²) in [5.74, 6) is 0.848. The number of nitrogens with zero attached hydrogens (tertiary/aromatic N) is 3. The van der Waals surface area contributed by atoms with E-state index in [1.54, 1.807) is 25.2 Å². The molecule has 0 bridgehead atoms. The number of thiophene rings is 1. The first-order valence-electron chi connectivity index (χ1n) is 9.14. The average Bonchev–Trinajstić information content (AvgIpc) is 2.87. The lowest BCUT2D eigenvalue weighted by molar-refractivity contribution is -0.148. The summed E-state index contributed by atoms with van der Waals surface area (Å²) in [6.07, 6.45) is 2.81. The number of rotatable bonds is 5. The van der Waals surface area contributed by atoms with Crippen molar-refractivity contribution in [2.45, 2.75) is 59.2 Å². The highest BCUT2D eigenvalue weighted by Gasteiger charge is 2.25. The summed E-state index contributed by atoms with van der Waals surface area (Å²) in [7, 11) is 3.85. The molecule has 26 heavy (non-hydrogen) atoms. The molecule has 1 unspecified atom stereocenters. The molecule has 6 nitrogen and oxygen atoms in total. The van der Waals surface area contributed by atoms with E-state index in [0.29, 0.717) is 23.7 Å². The van der Waals surface area contributed by atoms with Crippen LogP contribution >= 0.6 is 11.3 Å². The van der Waals surface area contributed by atoms with Crippen molar-refractivity contribution in [2.75, 3.05) is 14.1 Å². The van der Waals surface area contributed by atoms with Gasteiger partial charge in [-0.25, -0.2) is 4.98 Å². The molecular weight excluding hydrogens is 350 g/mol. The Morgan fingerprint density at radius 2 is 2.15 bits per heavy atom. The van der Waals surface area contributed by atoms with Crippen molar-refractivity contribution in [3.63, 3.8) is 0 Å². The van der Waals surface area contributed by atoms with Crippen LogP contribution in [0.2, 0.25) is 0 Å². The lowest BCUT2D eigenvalue weighted by Gasteiger charge is -2.18. The van der Waals surface area contributed by atoms with E-state index in [9.17, 15) is 9.59 Å². The maximum atomic E-state index is 13.3. The quantitative estimate of drug-likeness (QED) is 0.750. The minimum absolute atomic E-state index is 0.0931. The van der Waals surface area contributed by atoms with E-state index in [1.807, 2.05) is 19.0 Å². The zero-order chi connectivity index (χ0) is 19.0. The Bertz CT molecular complexity index is 882. The second kappa shape index (κ2) is 7.48. The summed E-state index contributed by atoms with van der Waals surface area (Å²) in [6.45, 7) is 6.26. The second-order valence-corrected chi connectivity index (χ2v) is 8.81. The molecule has 1 atom stereocenters. The number of aryl methyl sites for hydroxylation is 1. The molecule has 0 saturated carbocycles. The summed E-state index contributed by atoms with van der Waals surface area (Å²) < 4.78 is 6.75. The molecule has 0 saturated heterocycles. The van der Waals surface area contributed by atoms with Crippen molar-refractivity contribution < 1.29 is 9.53 Å². The third kappa shape index (κ3) is 3.83. The Kier molecular flexibility index (Phi) is 5.48. The second-order valence-electron chi connectivity index (χ2n) is 7.73. The molecule has 7 heteroatoms. The molecule has 2 heterocycles. The topological polar surface area (TPSA) is 64.4 Å². The van der Waals surface area contributed by atoms with E-state index in [2.05, 4.69) is 6.92 Å². The third-order valence-electron chi connectivity index (χ3n) is 4.61.